The molecule has 1 amide bonds. The van der Waals surface area contributed by atoms with Gasteiger partial charge in [-0.05, 0) is 37.9 Å². The van der Waals surface area contributed by atoms with Gasteiger partial charge in [0.2, 0.25) is 5.91 Å². The molecule has 0 aliphatic carbocycles. The molecule has 1 aromatic rings. The van der Waals surface area contributed by atoms with Crippen LogP contribution in [0.3, 0.4) is 0 Å². The summed E-state index contributed by atoms with van der Waals surface area (Å²) >= 11 is 6.10. The Bertz CT molecular complexity index is 395. The summed E-state index contributed by atoms with van der Waals surface area (Å²) in [5, 5.41) is 3.66. The van der Waals surface area contributed by atoms with Crippen LogP contribution in [-0.4, -0.2) is 12.5 Å². The van der Waals surface area contributed by atoms with Crippen LogP contribution in [0.25, 0.3) is 0 Å². The average molecular weight is 269 g/mol. The summed E-state index contributed by atoms with van der Waals surface area (Å²) in [6.07, 6.45) is 1.69. The van der Waals surface area contributed by atoms with Gasteiger partial charge >= 0.3 is 0 Å². The second-order valence-electron chi connectivity index (χ2n) is 4.58. The number of hydrogen-bond acceptors (Lipinski definition) is 2. The van der Waals surface area contributed by atoms with Gasteiger partial charge < -0.3 is 11.1 Å². The fourth-order valence-corrected chi connectivity index (χ4v) is 2.11. The van der Waals surface area contributed by atoms with E-state index < -0.39 is 0 Å². The Hall–Kier alpha value is -1.06. The number of carbonyl (C=O) groups is 1. The van der Waals surface area contributed by atoms with E-state index in [0.29, 0.717) is 11.6 Å². The van der Waals surface area contributed by atoms with Gasteiger partial charge in [-0.3, -0.25) is 4.79 Å². The molecule has 0 saturated carbocycles. The minimum atomic E-state index is -0.0773. The molecule has 1 unspecified atom stereocenters. The van der Waals surface area contributed by atoms with Crippen molar-refractivity contribution in [1.82, 2.24) is 5.32 Å². The maximum atomic E-state index is 11.9. The van der Waals surface area contributed by atoms with E-state index in [1.165, 1.54) is 0 Å². The zero-order valence-corrected chi connectivity index (χ0v) is 11.7. The normalized spacial score (nSPS) is 14.0. The molecule has 0 aliphatic heterocycles. The molecule has 100 valence electrons. The zero-order chi connectivity index (χ0) is 13.5. The molecule has 0 spiro atoms. The lowest BCUT2D eigenvalue weighted by Crippen LogP contribution is -2.31. The third-order valence-electron chi connectivity index (χ3n) is 3.02. The lowest BCUT2D eigenvalue weighted by molar-refractivity contribution is -0.125. The predicted molar refractivity (Wildman–Crippen MR) is 75.5 cm³/mol. The minimum Gasteiger partial charge on any atom is -0.349 e. The highest BCUT2D eigenvalue weighted by atomic mass is 35.5. The molecule has 3 nitrogen and oxygen atoms in total. The summed E-state index contributed by atoms with van der Waals surface area (Å²) in [6.45, 7) is 4.48. The average Bonchev–Trinajstić information content (AvgIpc) is 2.36. The first-order valence-electron chi connectivity index (χ1n) is 6.31. The van der Waals surface area contributed by atoms with Gasteiger partial charge in [0, 0.05) is 10.9 Å². The number of rotatable bonds is 6. The first-order valence-corrected chi connectivity index (χ1v) is 6.69. The molecule has 1 aromatic carbocycles. The molecular formula is C14H21ClN2O. The third kappa shape index (κ3) is 4.31. The molecule has 0 aliphatic rings. The van der Waals surface area contributed by atoms with Crippen LogP contribution in [-0.2, 0) is 4.79 Å². The van der Waals surface area contributed by atoms with E-state index in [4.69, 9.17) is 17.3 Å². The Morgan fingerprint density at radius 1 is 1.39 bits per heavy atom. The molecule has 2 atom stereocenters. The molecule has 0 fully saturated rings. The van der Waals surface area contributed by atoms with Crippen LogP contribution in [0.5, 0.6) is 0 Å². The SMILES string of the molecule is CC(CCCN)C(=O)N[C@H](C)c1ccccc1Cl. The number of amides is 1. The Morgan fingerprint density at radius 3 is 2.67 bits per heavy atom. The van der Waals surface area contributed by atoms with Crippen molar-refractivity contribution in [3.05, 3.63) is 34.9 Å². The lowest BCUT2D eigenvalue weighted by Gasteiger charge is -2.18. The standard InChI is InChI=1S/C14H21ClN2O/c1-10(6-5-9-16)14(18)17-11(2)12-7-3-4-8-13(12)15/h3-4,7-8,10-11H,5-6,9,16H2,1-2H3,(H,17,18)/t10?,11-/m1/s1. The van der Waals surface area contributed by atoms with Crippen molar-refractivity contribution < 1.29 is 4.79 Å². The fourth-order valence-electron chi connectivity index (χ4n) is 1.81. The molecule has 4 heteroatoms. The summed E-state index contributed by atoms with van der Waals surface area (Å²) < 4.78 is 0. The number of hydrogen-bond donors (Lipinski definition) is 2. The van der Waals surface area contributed by atoms with Crippen LogP contribution in [0.1, 0.15) is 38.3 Å². The molecule has 0 heterocycles. The monoisotopic (exact) mass is 268 g/mol. The smallest absolute Gasteiger partial charge is 0.223 e. The molecule has 18 heavy (non-hydrogen) atoms. The summed E-state index contributed by atoms with van der Waals surface area (Å²) in [5.74, 6) is 0.0364. The first kappa shape index (κ1) is 15.0. The highest BCUT2D eigenvalue weighted by molar-refractivity contribution is 6.31. The number of nitrogens with one attached hydrogen (secondary N) is 1. The van der Waals surface area contributed by atoms with Crippen LogP contribution in [0.15, 0.2) is 24.3 Å². The number of halogens is 1. The molecule has 0 radical (unpaired) electrons. The van der Waals surface area contributed by atoms with Gasteiger partial charge in [0.25, 0.3) is 0 Å². The Kier molecular flexibility index (Phi) is 6.16. The second kappa shape index (κ2) is 7.39. The quantitative estimate of drug-likeness (QED) is 0.834. The maximum absolute atomic E-state index is 11.9. The molecule has 0 aromatic heterocycles. The third-order valence-corrected chi connectivity index (χ3v) is 3.36. The van der Waals surface area contributed by atoms with Gasteiger partial charge in [-0.2, -0.15) is 0 Å². The van der Waals surface area contributed by atoms with Crippen molar-refractivity contribution in [3.8, 4) is 0 Å². The number of carbonyl (C=O) groups excluding carboxylic acids is 1. The molecule has 3 N–H and O–H groups in total. The summed E-state index contributed by atoms with van der Waals surface area (Å²) in [6, 6.07) is 7.48. The van der Waals surface area contributed by atoms with Gasteiger partial charge in [-0.1, -0.05) is 36.7 Å². The van der Waals surface area contributed by atoms with Crippen molar-refractivity contribution in [3.63, 3.8) is 0 Å². The first-order chi connectivity index (χ1) is 8.56. The van der Waals surface area contributed by atoms with Crippen molar-refractivity contribution in [2.24, 2.45) is 11.7 Å². The van der Waals surface area contributed by atoms with Crippen LogP contribution in [0.2, 0.25) is 5.02 Å². The van der Waals surface area contributed by atoms with Gasteiger partial charge in [0.1, 0.15) is 0 Å². The number of benzene rings is 1. The van der Waals surface area contributed by atoms with Gasteiger partial charge in [0.15, 0.2) is 0 Å². The van der Waals surface area contributed by atoms with Crippen LogP contribution in [0, 0.1) is 5.92 Å². The van der Waals surface area contributed by atoms with Crippen molar-refractivity contribution in [1.29, 1.82) is 0 Å². The number of nitrogens with two attached hydrogens (primary N) is 1. The summed E-state index contributed by atoms with van der Waals surface area (Å²) in [7, 11) is 0. The topological polar surface area (TPSA) is 55.1 Å². The highest BCUT2D eigenvalue weighted by Gasteiger charge is 2.16. The van der Waals surface area contributed by atoms with Gasteiger partial charge in [-0.15, -0.1) is 0 Å². The fraction of sp³-hybridized carbons (Fsp3) is 0.500. The van der Waals surface area contributed by atoms with Crippen LogP contribution in [0.4, 0.5) is 0 Å². The molecule has 1 rings (SSSR count). The maximum Gasteiger partial charge on any atom is 0.223 e. The Labute approximate surface area is 114 Å². The van der Waals surface area contributed by atoms with E-state index in [9.17, 15) is 4.79 Å². The second-order valence-corrected chi connectivity index (χ2v) is 4.99. The molecular weight excluding hydrogens is 248 g/mol. The van der Waals surface area contributed by atoms with Crippen molar-refractivity contribution in [2.45, 2.75) is 32.7 Å². The summed E-state index contributed by atoms with van der Waals surface area (Å²) in [4.78, 5) is 11.9. The predicted octanol–water partition coefficient (Wildman–Crippen LogP) is 2.89. The van der Waals surface area contributed by atoms with E-state index in [0.717, 1.165) is 18.4 Å². The molecule has 0 saturated heterocycles. The van der Waals surface area contributed by atoms with E-state index in [1.807, 2.05) is 38.1 Å². The minimum absolute atomic E-state index is 0.0153. The van der Waals surface area contributed by atoms with Gasteiger partial charge in [0.05, 0.1) is 6.04 Å². The Balaban J connectivity index is 2.57. The van der Waals surface area contributed by atoms with E-state index in [2.05, 4.69) is 5.32 Å². The Morgan fingerprint density at radius 2 is 2.06 bits per heavy atom. The van der Waals surface area contributed by atoms with Crippen LogP contribution >= 0.6 is 11.6 Å². The zero-order valence-electron chi connectivity index (χ0n) is 10.9. The van der Waals surface area contributed by atoms with Crippen molar-refractivity contribution in [2.75, 3.05) is 6.54 Å². The molecule has 0 bridgehead atoms. The van der Waals surface area contributed by atoms with E-state index in [1.54, 1.807) is 0 Å². The van der Waals surface area contributed by atoms with E-state index >= 15 is 0 Å². The van der Waals surface area contributed by atoms with Crippen molar-refractivity contribution >= 4 is 17.5 Å². The van der Waals surface area contributed by atoms with Gasteiger partial charge in [-0.25, -0.2) is 0 Å². The highest BCUT2D eigenvalue weighted by Crippen LogP contribution is 2.22. The van der Waals surface area contributed by atoms with Crippen LogP contribution < -0.4 is 11.1 Å². The summed E-state index contributed by atoms with van der Waals surface area (Å²) in [5.41, 5.74) is 6.38. The van der Waals surface area contributed by atoms with E-state index in [-0.39, 0.29) is 17.9 Å². The largest absolute Gasteiger partial charge is 0.349 e. The lowest BCUT2D eigenvalue weighted by atomic mass is 10.0.